The molecule has 0 atom stereocenters. The normalized spacial score (nSPS) is 14.6. The van der Waals surface area contributed by atoms with Crippen molar-refractivity contribution in [1.82, 2.24) is 9.97 Å². The number of benzene rings is 2. The van der Waals surface area contributed by atoms with Crippen LogP contribution in [0.3, 0.4) is 0 Å². The Bertz CT molecular complexity index is 1220. The minimum Gasteiger partial charge on any atom is -0.382 e. The first-order valence-electron chi connectivity index (χ1n) is 10.8. The molecule has 32 heavy (non-hydrogen) atoms. The smallest absolute Gasteiger partial charge is 0.227 e. The van der Waals surface area contributed by atoms with Gasteiger partial charge in [0.1, 0.15) is 10.7 Å². The third kappa shape index (κ3) is 4.14. The van der Waals surface area contributed by atoms with Crippen molar-refractivity contribution < 1.29 is 8.42 Å². The second-order valence-electron chi connectivity index (χ2n) is 8.11. The van der Waals surface area contributed by atoms with Crippen LogP contribution in [0.1, 0.15) is 23.6 Å². The number of anilines is 3. The number of sulfone groups is 1. The molecule has 1 aliphatic heterocycles. The number of piperazine rings is 1. The number of rotatable bonds is 5. The van der Waals surface area contributed by atoms with E-state index in [-0.39, 0.29) is 15.6 Å². The topological polar surface area (TPSA) is 92.4 Å². The van der Waals surface area contributed by atoms with Crippen molar-refractivity contribution in [2.45, 2.75) is 37.0 Å². The molecule has 7 nitrogen and oxygen atoms in total. The van der Waals surface area contributed by atoms with Crippen molar-refractivity contribution >= 4 is 27.3 Å². The largest absolute Gasteiger partial charge is 0.382 e. The maximum Gasteiger partial charge on any atom is 0.227 e. The van der Waals surface area contributed by atoms with Gasteiger partial charge in [-0.3, -0.25) is 0 Å². The van der Waals surface area contributed by atoms with Crippen molar-refractivity contribution in [3.8, 4) is 0 Å². The predicted molar refractivity (Wildman–Crippen MR) is 128 cm³/mol. The Kier molecular flexibility index (Phi) is 6.06. The van der Waals surface area contributed by atoms with E-state index >= 15 is 0 Å². The van der Waals surface area contributed by atoms with Gasteiger partial charge in [0.25, 0.3) is 0 Å². The van der Waals surface area contributed by atoms with Gasteiger partial charge >= 0.3 is 0 Å². The first-order chi connectivity index (χ1) is 15.3. The molecule has 8 heteroatoms. The molecule has 4 rings (SSSR count). The number of nitrogens with zero attached hydrogens (tertiary/aromatic N) is 4. The third-order valence-corrected chi connectivity index (χ3v) is 7.97. The van der Waals surface area contributed by atoms with E-state index in [1.54, 1.807) is 12.1 Å². The van der Waals surface area contributed by atoms with E-state index < -0.39 is 9.84 Å². The van der Waals surface area contributed by atoms with Crippen molar-refractivity contribution in [2.24, 2.45) is 0 Å². The zero-order valence-electron chi connectivity index (χ0n) is 18.7. The molecule has 0 unspecified atom stereocenters. The Labute approximate surface area is 189 Å². The van der Waals surface area contributed by atoms with Gasteiger partial charge in [0.2, 0.25) is 15.8 Å². The van der Waals surface area contributed by atoms with Gasteiger partial charge in [-0.1, -0.05) is 31.2 Å². The van der Waals surface area contributed by atoms with Gasteiger partial charge < -0.3 is 15.5 Å². The van der Waals surface area contributed by atoms with E-state index in [9.17, 15) is 8.42 Å². The summed E-state index contributed by atoms with van der Waals surface area (Å²) in [5.41, 5.74) is 11.0. The number of aromatic nitrogens is 2. The fraction of sp³-hybridized carbons (Fsp3) is 0.333. The molecular formula is C24H29N5O2S. The number of nitrogen functional groups attached to an aromatic ring is 1. The summed E-state index contributed by atoms with van der Waals surface area (Å²) >= 11 is 0. The van der Waals surface area contributed by atoms with E-state index in [2.05, 4.69) is 46.9 Å². The number of hydrogen-bond acceptors (Lipinski definition) is 7. The minimum atomic E-state index is -3.77. The van der Waals surface area contributed by atoms with Crippen LogP contribution in [0.15, 0.2) is 58.5 Å². The Morgan fingerprint density at radius 3 is 2.25 bits per heavy atom. The molecule has 1 aromatic heterocycles. The summed E-state index contributed by atoms with van der Waals surface area (Å²) in [4.78, 5) is 13.2. The lowest BCUT2D eigenvalue weighted by Crippen LogP contribution is -2.47. The predicted octanol–water partition coefficient (Wildman–Crippen LogP) is 3.40. The van der Waals surface area contributed by atoms with Crippen LogP contribution < -0.4 is 15.5 Å². The van der Waals surface area contributed by atoms with E-state index in [4.69, 9.17) is 5.73 Å². The summed E-state index contributed by atoms with van der Waals surface area (Å²) < 4.78 is 26.0. The zero-order chi connectivity index (χ0) is 22.9. The zero-order valence-corrected chi connectivity index (χ0v) is 19.6. The van der Waals surface area contributed by atoms with E-state index in [0.717, 1.165) is 38.2 Å². The van der Waals surface area contributed by atoms with Crippen LogP contribution in [0, 0.1) is 13.8 Å². The highest BCUT2D eigenvalue weighted by Crippen LogP contribution is 2.28. The molecule has 0 saturated carbocycles. The van der Waals surface area contributed by atoms with Crippen LogP contribution in [-0.2, 0) is 16.3 Å². The van der Waals surface area contributed by atoms with Crippen LogP contribution in [0.5, 0.6) is 0 Å². The van der Waals surface area contributed by atoms with Gasteiger partial charge in [-0.05, 0) is 55.2 Å². The number of nitrogens with two attached hydrogens (primary N) is 1. The van der Waals surface area contributed by atoms with Crippen molar-refractivity contribution in [3.05, 3.63) is 65.4 Å². The highest BCUT2D eigenvalue weighted by molar-refractivity contribution is 7.91. The van der Waals surface area contributed by atoms with Crippen LogP contribution in [0.4, 0.5) is 17.5 Å². The molecule has 0 aliphatic carbocycles. The third-order valence-electron chi connectivity index (χ3n) is 6.18. The maximum atomic E-state index is 13.0. The standard InChI is InChI=1S/C24H29N5O2S/c1-4-19-8-10-20(11-9-19)32(30,31)22-16-26-24(27-23(22)25)29-14-12-28(13-15-29)21-7-5-6-17(2)18(21)3/h5-11,16H,4,12-15H2,1-3H3,(H2,25,26,27). The van der Waals surface area contributed by atoms with Crippen LogP contribution in [0.2, 0.25) is 0 Å². The number of hydrogen-bond donors (Lipinski definition) is 1. The summed E-state index contributed by atoms with van der Waals surface area (Å²) in [7, 11) is -3.77. The lowest BCUT2D eigenvalue weighted by molar-refractivity contribution is 0.595. The summed E-state index contributed by atoms with van der Waals surface area (Å²) in [6, 6.07) is 13.2. The molecule has 168 valence electrons. The van der Waals surface area contributed by atoms with Gasteiger partial charge in [0.15, 0.2) is 0 Å². The SMILES string of the molecule is CCc1ccc(S(=O)(=O)c2cnc(N3CCN(c4cccc(C)c4C)CC3)nc2N)cc1. The quantitative estimate of drug-likeness (QED) is 0.635. The summed E-state index contributed by atoms with van der Waals surface area (Å²) in [6.07, 6.45) is 2.18. The average molecular weight is 452 g/mol. The van der Waals surface area contributed by atoms with Crippen LogP contribution in [-0.4, -0.2) is 44.6 Å². The molecule has 1 aliphatic rings. The summed E-state index contributed by atoms with van der Waals surface area (Å²) in [5, 5.41) is 0. The molecule has 1 fully saturated rings. The summed E-state index contributed by atoms with van der Waals surface area (Å²) in [6.45, 7) is 9.43. The molecule has 0 bridgehead atoms. The monoisotopic (exact) mass is 451 g/mol. The van der Waals surface area contributed by atoms with Crippen molar-refractivity contribution in [1.29, 1.82) is 0 Å². The van der Waals surface area contributed by atoms with Gasteiger partial charge in [-0.25, -0.2) is 13.4 Å². The highest BCUT2D eigenvalue weighted by atomic mass is 32.2. The van der Waals surface area contributed by atoms with Crippen LogP contribution >= 0.6 is 0 Å². The molecule has 2 aromatic carbocycles. The number of aryl methyl sites for hydroxylation is 2. The Morgan fingerprint density at radius 2 is 1.62 bits per heavy atom. The first kappa shape index (κ1) is 22.1. The molecule has 0 radical (unpaired) electrons. The van der Waals surface area contributed by atoms with Gasteiger partial charge in [0, 0.05) is 31.9 Å². The summed E-state index contributed by atoms with van der Waals surface area (Å²) in [5.74, 6) is 0.440. The lowest BCUT2D eigenvalue weighted by Gasteiger charge is -2.37. The first-order valence-corrected chi connectivity index (χ1v) is 12.3. The Balaban J connectivity index is 1.51. The Hall–Kier alpha value is -3.13. The van der Waals surface area contributed by atoms with Gasteiger partial charge in [0.05, 0.1) is 11.1 Å². The Morgan fingerprint density at radius 1 is 0.969 bits per heavy atom. The average Bonchev–Trinajstić information content (AvgIpc) is 2.81. The van der Waals surface area contributed by atoms with Gasteiger partial charge in [-0.15, -0.1) is 0 Å². The highest BCUT2D eigenvalue weighted by Gasteiger charge is 2.25. The second kappa shape index (κ2) is 8.78. The molecule has 0 spiro atoms. The molecular weight excluding hydrogens is 422 g/mol. The molecule has 3 aromatic rings. The molecule has 2 heterocycles. The fourth-order valence-corrected chi connectivity index (χ4v) is 5.25. The molecule has 1 saturated heterocycles. The van der Waals surface area contributed by atoms with E-state index in [1.165, 1.54) is 23.0 Å². The minimum absolute atomic E-state index is 0.0217. The van der Waals surface area contributed by atoms with Crippen molar-refractivity contribution in [2.75, 3.05) is 41.7 Å². The van der Waals surface area contributed by atoms with Gasteiger partial charge in [-0.2, -0.15) is 4.98 Å². The lowest BCUT2D eigenvalue weighted by atomic mass is 10.1. The van der Waals surface area contributed by atoms with Crippen LogP contribution in [0.25, 0.3) is 0 Å². The second-order valence-corrected chi connectivity index (χ2v) is 10.0. The van der Waals surface area contributed by atoms with Crippen molar-refractivity contribution in [3.63, 3.8) is 0 Å². The maximum absolute atomic E-state index is 13.0. The molecule has 2 N–H and O–H groups in total. The van der Waals surface area contributed by atoms with E-state index in [1.807, 2.05) is 24.0 Å². The van der Waals surface area contributed by atoms with E-state index in [0.29, 0.717) is 5.95 Å². The molecule has 0 amide bonds. The fourth-order valence-electron chi connectivity index (χ4n) is 3.99.